The highest BCUT2D eigenvalue weighted by Gasteiger charge is 2.19. The van der Waals surface area contributed by atoms with Gasteiger partial charge < -0.3 is 4.74 Å². The Bertz CT molecular complexity index is 727. The van der Waals surface area contributed by atoms with Gasteiger partial charge in [0.25, 0.3) is 0 Å². The Labute approximate surface area is 146 Å². The molecule has 0 N–H and O–H groups in total. The van der Waals surface area contributed by atoms with E-state index in [9.17, 15) is 0 Å². The normalized spacial score (nSPS) is 12.6. The van der Waals surface area contributed by atoms with Crippen molar-refractivity contribution in [3.63, 3.8) is 0 Å². The Morgan fingerprint density at radius 2 is 2.08 bits per heavy atom. The zero-order chi connectivity index (χ0) is 16.8. The van der Waals surface area contributed by atoms with Crippen molar-refractivity contribution in [2.45, 2.75) is 12.6 Å². The molecule has 0 saturated heterocycles. The lowest BCUT2D eigenvalue weighted by atomic mass is 10.2. The highest BCUT2D eigenvalue weighted by atomic mass is 32.1. The molecule has 24 heavy (non-hydrogen) atoms. The fourth-order valence-corrected chi connectivity index (χ4v) is 3.29. The monoisotopic (exact) mass is 342 g/mol. The zero-order valence-corrected chi connectivity index (χ0v) is 14.8. The van der Waals surface area contributed by atoms with Gasteiger partial charge in [0.2, 0.25) is 0 Å². The number of nitrogens with zero attached hydrogens (tertiary/aromatic N) is 4. The van der Waals surface area contributed by atoms with Gasteiger partial charge in [-0.05, 0) is 18.7 Å². The van der Waals surface area contributed by atoms with E-state index >= 15 is 0 Å². The fourth-order valence-electron chi connectivity index (χ4n) is 2.61. The fraction of sp³-hybridized carbons (Fsp3) is 0.333. The molecule has 6 heteroatoms. The smallest absolute Gasteiger partial charge is 0.135 e. The van der Waals surface area contributed by atoms with E-state index < -0.39 is 0 Å². The van der Waals surface area contributed by atoms with Crippen molar-refractivity contribution in [3.8, 4) is 0 Å². The number of likely N-dealkylation sites (N-methyl/N-ethyl adjacent to an activating group) is 1. The minimum atomic E-state index is -0.116. The number of hydrogen-bond donors (Lipinski definition) is 0. The second-order valence-electron chi connectivity index (χ2n) is 5.76. The molecule has 0 saturated carbocycles. The molecule has 0 aliphatic heterocycles. The van der Waals surface area contributed by atoms with Crippen molar-refractivity contribution >= 4 is 11.3 Å². The standard InChI is InChI=1S/C18H22N4OS/c1-21(13-15-6-4-3-5-7-15)10-11-23-18(17-12-19-14-24-17)16-8-9-20-22(16)2/h3-9,12,14,18H,10-11,13H2,1-2H3. The first kappa shape index (κ1) is 16.8. The second kappa shape index (κ2) is 8.19. The molecule has 3 rings (SSSR count). The Hall–Kier alpha value is -2.02. The van der Waals surface area contributed by atoms with Gasteiger partial charge in [-0.3, -0.25) is 14.6 Å². The van der Waals surface area contributed by atoms with E-state index in [1.54, 1.807) is 17.5 Å². The van der Waals surface area contributed by atoms with Gasteiger partial charge in [-0.25, -0.2) is 0 Å². The van der Waals surface area contributed by atoms with Crippen LogP contribution in [0.2, 0.25) is 0 Å². The molecule has 0 aliphatic rings. The van der Waals surface area contributed by atoms with Gasteiger partial charge in [-0.1, -0.05) is 30.3 Å². The van der Waals surface area contributed by atoms with Crippen LogP contribution in [0.15, 0.2) is 54.3 Å². The van der Waals surface area contributed by atoms with E-state index in [4.69, 9.17) is 4.74 Å². The molecular weight excluding hydrogens is 320 g/mol. The Balaban J connectivity index is 1.57. The average molecular weight is 342 g/mol. The predicted molar refractivity (Wildman–Crippen MR) is 95.9 cm³/mol. The molecule has 1 unspecified atom stereocenters. The molecule has 0 fully saturated rings. The molecule has 0 radical (unpaired) electrons. The van der Waals surface area contributed by atoms with E-state index in [0.717, 1.165) is 23.7 Å². The molecule has 1 atom stereocenters. The molecular formula is C18H22N4OS. The van der Waals surface area contributed by atoms with Gasteiger partial charge in [-0.2, -0.15) is 5.10 Å². The van der Waals surface area contributed by atoms with E-state index in [-0.39, 0.29) is 6.10 Å². The molecule has 0 aliphatic carbocycles. The number of ether oxygens (including phenoxy) is 1. The molecule has 126 valence electrons. The molecule has 0 spiro atoms. The molecule has 0 amide bonds. The van der Waals surface area contributed by atoms with Crippen LogP contribution in [-0.4, -0.2) is 39.9 Å². The van der Waals surface area contributed by atoms with Crippen molar-refractivity contribution in [2.24, 2.45) is 7.05 Å². The number of thiazole rings is 1. The zero-order valence-electron chi connectivity index (χ0n) is 14.0. The summed E-state index contributed by atoms with van der Waals surface area (Å²) in [6.07, 6.45) is 3.56. The lowest BCUT2D eigenvalue weighted by Gasteiger charge is -2.20. The average Bonchev–Trinajstić information content (AvgIpc) is 3.25. The third-order valence-corrected chi connectivity index (χ3v) is 4.71. The molecule has 0 bridgehead atoms. The van der Waals surface area contributed by atoms with Crippen molar-refractivity contribution in [3.05, 3.63) is 70.4 Å². The van der Waals surface area contributed by atoms with Crippen molar-refractivity contribution in [1.29, 1.82) is 0 Å². The van der Waals surface area contributed by atoms with Crippen molar-refractivity contribution in [2.75, 3.05) is 20.2 Å². The minimum absolute atomic E-state index is 0.116. The third-order valence-electron chi connectivity index (χ3n) is 3.89. The highest BCUT2D eigenvalue weighted by Crippen LogP contribution is 2.28. The summed E-state index contributed by atoms with van der Waals surface area (Å²) in [5.74, 6) is 0. The molecule has 2 aromatic heterocycles. The Kier molecular flexibility index (Phi) is 5.74. The van der Waals surface area contributed by atoms with Crippen LogP contribution in [0.3, 0.4) is 0 Å². The van der Waals surface area contributed by atoms with Gasteiger partial charge in [0.15, 0.2) is 0 Å². The molecule has 2 heterocycles. The summed E-state index contributed by atoms with van der Waals surface area (Å²) in [4.78, 5) is 7.55. The van der Waals surface area contributed by atoms with E-state index in [2.05, 4.69) is 46.3 Å². The summed E-state index contributed by atoms with van der Waals surface area (Å²) in [5.41, 5.74) is 4.19. The quantitative estimate of drug-likeness (QED) is 0.631. The lowest BCUT2D eigenvalue weighted by Crippen LogP contribution is -2.24. The number of rotatable bonds is 8. The number of hydrogen-bond acceptors (Lipinski definition) is 5. The summed E-state index contributed by atoms with van der Waals surface area (Å²) >= 11 is 1.61. The summed E-state index contributed by atoms with van der Waals surface area (Å²) in [6.45, 7) is 2.43. The summed E-state index contributed by atoms with van der Waals surface area (Å²) in [6, 6.07) is 12.5. The van der Waals surface area contributed by atoms with Crippen molar-refractivity contribution < 1.29 is 4.74 Å². The van der Waals surface area contributed by atoms with Crippen LogP contribution in [0.1, 0.15) is 22.2 Å². The number of aromatic nitrogens is 3. The first-order chi connectivity index (χ1) is 11.7. The van der Waals surface area contributed by atoms with E-state index in [1.807, 2.05) is 35.6 Å². The second-order valence-corrected chi connectivity index (χ2v) is 6.68. The molecule has 1 aromatic carbocycles. The molecule has 5 nitrogen and oxygen atoms in total. The first-order valence-electron chi connectivity index (χ1n) is 7.94. The molecule has 3 aromatic rings. The van der Waals surface area contributed by atoms with Crippen molar-refractivity contribution in [1.82, 2.24) is 19.7 Å². The lowest BCUT2D eigenvalue weighted by molar-refractivity contribution is 0.0608. The first-order valence-corrected chi connectivity index (χ1v) is 8.82. The number of aryl methyl sites for hydroxylation is 1. The van der Waals surface area contributed by atoms with Gasteiger partial charge in [0.05, 0.1) is 22.7 Å². The SMILES string of the molecule is CN(CCOC(c1cncs1)c1ccnn1C)Cc1ccccc1. The predicted octanol–water partition coefficient (Wildman–Crippen LogP) is 3.11. The highest BCUT2D eigenvalue weighted by molar-refractivity contribution is 7.09. The van der Waals surface area contributed by atoms with Crippen LogP contribution in [0, 0.1) is 0 Å². The maximum Gasteiger partial charge on any atom is 0.135 e. The summed E-state index contributed by atoms with van der Waals surface area (Å²) < 4.78 is 8.05. The summed E-state index contributed by atoms with van der Waals surface area (Å²) in [7, 11) is 4.05. The van der Waals surface area contributed by atoms with Crippen LogP contribution in [-0.2, 0) is 18.3 Å². The summed E-state index contributed by atoms with van der Waals surface area (Å²) in [5, 5.41) is 4.26. The largest absolute Gasteiger partial charge is 0.365 e. The van der Waals surface area contributed by atoms with Gasteiger partial charge in [-0.15, -0.1) is 11.3 Å². The van der Waals surface area contributed by atoms with Crippen LogP contribution in [0.5, 0.6) is 0 Å². The maximum absolute atomic E-state index is 6.19. The Morgan fingerprint density at radius 3 is 2.75 bits per heavy atom. The number of benzene rings is 1. The van der Waals surface area contributed by atoms with Gasteiger partial charge in [0, 0.05) is 32.5 Å². The van der Waals surface area contributed by atoms with Crippen LogP contribution in [0.4, 0.5) is 0 Å². The topological polar surface area (TPSA) is 43.2 Å². The van der Waals surface area contributed by atoms with Crippen LogP contribution in [0.25, 0.3) is 0 Å². The van der Waals surface area contributed by atoms with Crippen LogP contribution < -0.4 is 0 Å². The minimum Gasteiger partial charge on any atom is -0.365 e. The van der Waals surface area contributed by atoms with E-state index in [1.165, 1.54) is 5.56 Å². The maximum atomic E-state index is 6.19. The van der Waals surface area contributed by atoms with Crippen LogP contribution >= 0.6 is 11.3 Å². The van der Waals surface area contributed by atoms with Gasteiger partial charge >= 0.3 is 0 Å². The van der Waals surface area contributed by atoms with E-state index in [0.29, 0.717) is 6.61 Å². The third kappa shape index (κ3) is 4.29. The van der Waals surface area contributed by atoms with Gasteiger partial charge in [0.1, 0.15) is 6.10 Å². The Morgan fingerprint density at radius 1 is 1.25 bits per heavy atom.